The summed E-state index contributed by atoms with van der Waals surface area (Å²) in [7, 11) is 0. The fraction of sp³-hybridized carbons (Fsp3) is 0.0400. The Kier molecular flexibility index (Phi) is 7.30. The Hall–Kier alpha value is -3.53. The Bertz CT molecular complexity index is 1390. The average Bonchev–Trinajstić information content (AvgIpc) is 2.82. The van der Waals surface area contributed by atoms with Crippen LogP contribution in [0.2, 0.25) is 5.02 Å². The van der Waals surface area contributed by atoms with Crippen LogP contribution >= 0.6 is 39.7 Å². The Labute approximate surface area is 219 Å². The van der Waals surface area contributed by atoms with Crippen molar-refractivity contribution in [3.63, 3.8) is 0 Å². The number of carbonyl (C=O) groups excluding carboxylic acids is 2. The van der Waals surface area contributed by atoms with Gasteiger partial charge in [-0.05, 0) is 87.8 Å². The molecule has 0 saturated carbocycles. The number of hydrogen-bond donors (Lipinski definition) is 2. The fourth-order valence-electron chi connectivity index (χ4n) is 3.30. The van der Waals surface area contributed by atoms with Gasteiger partial charge in [-0.1, -0.05) is 35.9 Å². The lowest BCUT2D eigenvalue weighted by Gasteiger charge is -2.29. The number of benzene rings is 3. The van der Waals surface area contributed by atoms with Gasteiger partial charge in [-0.25, -0.2) is 4.79 Å². The zero-order valence-electron chi connectivity index (χ0n) is 17.8. The van der Waals surface area contributed by atoms with Crippen LogP contribution in [0.1, 0.15) is 21.5 Å². The number of anilines is 1. The number of aromatic carboxylic acids is 1. The van der Waals surface area contributed by atoms with Gasteiger partial charge in [-0.3, -0.25) is 19.8 Å². The van der Waals surface area contributed by atoms with E-state index in [-0.39, 0.29) is 21.9 Å². The largest absolute Gasteiger partial charge is 0.488 e. The second kappa shape index (κ2) is 10.4. The summed E-state index contributed by atoms with van der Waals surface area (Å²) in [6.07, 6.45) is 1.43. The SMILES string of the molecule is O=C1NC(=S)N(c2cccc(C(=O)O)c2)C(=O)C1=Cc1ccc(OCc2ccc(Cl)cc2)c(Br)c1. The minimum Gasteiger partial charge on any atom is -0.488 e. The molecule has 1 heterocycles. The highest BCUT2D eigenvalue weighted by molar-refractivity contribution is 9.10. The molecular formula is C25H16BrClN2O5S. The van der Waals surface area contributed by atoms with Crippen molar-refractivity contribution in [3.05, 3.63) is 98.5 Å². The van der Waals surface area contributed by atoms with Crippen LogP contribution in [-0.4, -0.2) is 28.0 Å². The van der Waals surface area contributed by atoms with E-state index < -0.39 is 17.8 Å². The molecule has 0 radical (unpaired) electrons. The number of nitrogens with one attached hydrogen (secondary N) is 1. The quantitative estimate of drug-likeness (QED) is 0.240. The molecule has 0 aromatic heterocycles. The number of carboxylic acids is 1. The average molecular weight is 572 g/mol. The number of carbonyl (C=O) groups is 3. The van der Waals surface area contributed by atoms with E-state index in [1.807, 2.05) is 12.1 Å². The molecule has 1 fully saturated rings. The van der Waals surface area contributed by atoms with Gasteiger partial charge in [0.2, 0.25) is 0 Å². The molecule has 0 unspecified atom stereocenters. The Morgan fingerprint density at radius 1 is 1.11 bits per heavy atom. The van der Waals surface area contributed by atoms with Crippen molar-refractivity contribution < 1.29 is 24.2 Å². The van der Waals surface area contributed by atoms with E-state index >= 15 is 0 Å². The molecule has 3 aromatic carbocycles. The Morgan fingerprint density at radius 2 is 1.86 bits per heavy atom. The molecule has 0 bridgehead atoms. The lowest BCUT2D eigenvalue weighted by Crippen LogP contribution is -2.54. The first-order chi connectivity index (χ1) is 16.7. The third-order valence-electron chi connectivity index (χ3n) is 5.03. The van der Waals surface area contributed by atoms with Crippen molar-refractivity contribution in [2.45, 2.75) is 6.61 Å². The minimum absolute atomic E-state index is 0.0151. The van der Waals surface area contributed by atoms with E-state index in [1.165, 1.54) is 30.3 Å². The molecule has 0 aliphatic carbocycles. The number of carboxylic acid groups (broad SMARTS) is 1. The zero-order valence-corrected chi connectivity index (χ0v) is 21.0. The molecule has 35 heavy (non-hydrogen) atoms. The monoisotopic (exact) mass is 570 g/mol. The molecule has 1 aliphatic rings. The summed E-state index contributed by atoms with van der Waals surface area (Å²) in [5, 5.41) is 12.2. The predicted octanol–water partition coefficient (Wildman–Crippen LogP) is 5.21. The number of nitrogens with zero attached hydrogens (tertiary/aromatic N) is 1. The smallest absolute Gasteiger partial charge is 0.335 e. The molecule has 2 amide bonds. The lowest BCUT2D eigenvalue weighted by molar-refractivity contribution is -0.122. The van der Waals surface area contributed by atoms with Crippen molar-refractivity contribution in [3.8, 4) is 5.75 Å². The van der Waals surface area contributed by atoms with Crippen LogP contribution in [0, 0.1) is 0 Å². The molecule has 4 rings (SSSR count). The van der Waals surface area contributed by atoms with Gasteiger partial charge in [-0.15, -0.1) is 0 Å². The van der Waals surface area contributed by atoms with E-state index in [0.717, 1.165) is 10.5 Å². The van der Waals surface area contributed by atoms with Crippen molar-refractivity contribution in [2.75, 3.05) is 4.90 Å². The summed E-state index contributed by atoms with van der Waals surface area (Å²) in [5.41, 5.74) is 1.58. The van der Waals surface area contributed by atoms with Gasteiger partial charge < -0.3 is 9.84 Å². The summed E-state index contributed by atoms with van der Waals surface area (Å²) in [5.74, 6) is -1.88. The van der Waals surface area contributed by atoms with E-state index in [4.69, 9.17) is 28.6 Å². The first kappa shape index (κ1) is 24.6. The van der Waals surface area contributed by atoms with Gasteiger partial charge in [-0.2, -0.15) is 0 Å². The molecule has 1 saturated heterocycles. The van der Waals surface area contributed by atoms with Crippen LogP contribution in [0.15, 0.2) is 76.8 Å². The van der Waals surface area contributed by atoms with Crippen molar-refractivity contribution in [1.29, 1.82) is 0 Å². The molecule has 3 aromatic rings. The van der Waals surface area contributed by atoms with Gasteiger partial charge in [0.25, 0.3) is 11.8 Å². The molecule has 2 N–H and O–H groups in total. The normalized spacial score (nSPS) is 14.7. The molecule has 1 aliphatic heterocycles. The molecule has 0 atom stereocenters. The zero-order chi connectivity index (χ0) is 25.1. The summed E-state index contributed by atoms with van der Waals surface area (Å²) < 4.78 is 6.47. The maximum atomic E-state index is 13.2. The second-order valence-corrected chi connectivity index (χ2v) is 9.10. The number of amides is 2. The standard InChI is InChI=1S/C25H16BrClN2O5S/c26-20-11-15(6-9-21(20)34-13-14-4-7-17(27)8-5-14)10-19-22(30)28-25(35)29(23(19)31)18-3-1-2-16(12-18)24(32)33/h1-12H,13H2,(H,32,33)(H,28,30,35). The van der Waals surface area contributed by atoms with Crippen LogP contribution < -0.4 is 15.0 Å². The van der Waals surface area contributed by atoms with Crippen LogP contribution in [0.25, 0.3) is 6.08 Å². The van der Waals surface area contributed by atoms with E-state index in [1.54, 1.807) is 30.3 Å². The number of hydrogen-bond acceptors (Lipinski definition) is 5. The molecule has 0 spiro atoms. The highest BCUT2D eigenvalue weighted by Crippen LogP contribution is 2.29. The van der Waals surface area contributed by atoms with Crippen molar-refractivity contribution >= 4 is 74.4 Å². The van der Waals surface area contributed by atoms with Crippen LogP contribution in [0.4, 0.5) is 5.69 Å². The Morgan fingerprint density at radius 3 is 2.54 bits per heavy atom. The molecule has 176 valence electrons. The van der Waals surface area contributed by atoms with Gasteiger partial charge in [0.15, 0.2) is 5.11 Å². The third-order valence-corrected chi connectivity index (χ3v) is 6.18. The van der Waals surface area contributed by atoms with E-state index in [9.17, 15) is 19.5 Å². The number of thiocarbonyl (C=S) groups is 1. The molecular weight excluding hydrogens is 556 g/mol. The van der Waals surface area contributed by atoms with Crippen LogP contribution in [0.3, 0.4) is 0 Å². The van der Waals surface area contributed by atoms with Gasteiger partial charge in [0.1, 0.15) is 17.9 Å². The minimum atomic E-state index is -1.15. The number of halogens is 2. The fourth-order valence-corrected chi connectivity index (χ4v) is 4.22. The summed E-state index contributed by atoms with van der Waals surface area (Å²) >= 11 is 14.5. The first-order valence-electron chi connectivity index (χ1n) is 10.1. The third kappa shape index (κ3) is 5.59. The number of rotatable bonds is 6. The van der Waals surface area contributed by atoms with Gasteiger partial charge in [0.05, 0.1) is 15.7 Å². The van der Waals surface area contributed by atoms with Gasteiger partial charge >= 0.3 is 5.97 Å². The summed E-state index contributed by atoms with van der Waals surface area (Å²) in [6, 6.07) is 18.2. The van der Waals surface area contributed by atoms with Crippen molar-refractivity contribution in [2.24, 2.45) is 0 Å². The summed E-state index contributed by atoms with van der Waals surface area (Å²) in [6.45, 7) is 0.332. The molecule has 7 nitrogen and oxygen atoms in total. The topological polar surface area (TPSA) is 95.9 Å². The van der Waals surface area contributed by atoms with Gasteiger partial charge in [0, 0.05) is 5.02 Å². The Balaban J connectivity index is 1.57. The summed E-state index contributed by atoms with van der Waals surface area (Å²) in [4.78, 5) is 38.1. The maximum Gasteiger partial charge on any atom is 0.335 e. The molecule has 10 heteroatoms. The van der Waals surface area contributed by atoms with Crippen LogP contribution in [-0.2, 0) is 16.2 Å². The predicted molar refractivity (Wildman–Crippen MR) is 140 cm³/mol. The second-order valence-electron chi connectivity index (χ2n) is 7.42. The maximum absolute atomic E-state index is 13.2. The van der Waals surface area contributed by atoms with Crippen LogP contribution in [0.5, 0.6) is 5.75 Å². The highest BCUT2D eigenvalue weighted by atomic mass is 79.9. The van der Waals surface area contributed by atoms with Crippen molar-refractivity contribution in [1.82, 2.24) is 5.32 Å². The number of ether oxygens (including phenoxy) is 1. The van der Waals surface area contributed by atoms with E-state index in [2.05, 4.69) is 21.2 Å². The first-order valence-corrected chi connectivity index (χ1v) is 11.7. The lowest BCUT2D eigenvalue weighted by atomic mass is 10.1. The van der Waals surface area contributed by atoms with E-state index in [0.29, 0.717) is 27.4 Å². The highest BCUT2D eigenvalue weighted by Gasteiger charge is 2.34.